The van der Waals surface area contributed by atoms with Gasteiger partial charge in [0.1, 0.15) is 5.82 Å². The molecular weight excluding hydrogens is 533 g/mol. The Bertz CT molecular complexity index is 1340. The summed E-state index contributed by atoms with van der Waals surface area (Å²) in [6, 6.07) is 16.3. The highest BCUT2D eigenvalue weighted by molar-refractivity contribution is 9.10. The average molecular weight is 551 g/mol. The molecule has 1 heterocycles. The molecule has 0 aromatic heterocycles. The smallest absolute Gasteiger partial charge is 0.333 e. The predicted octanol–water partition coefficient (Wildman–Crippen LogP) is 6.13. The number of hydrogen-bond acceptors (Lipinski definition) is 3. The van der Waals surface area contributed by atoms with Crippen LogP contribution in [-0.4, -0.2) is 23.8 Å². The van der Waals surface area contributed by atoms with E-state index >= 15 is 0 Å². The molecule has 5 nitrogen and oxygen atoms in total. The third-order valence-corrected chi connectivity index (χ3v) is 8.07. The summed E-state index contributed by atoms with van der Waals surface area (Å²) in [4.78, 5) is 12.1. The van der Waals surface area contributed by atoms with Gasteiger partial charge >= 0.3 is 5.97 Å². The maximum absolute atomic E-state index is 13.9. The molecule has 0 spiro atoms. The maximum atomic E-state index is 13.9. The first-order valence-electron chi connectivity index (χ1n) is 9.92. The van der Waals surface area contributed by atoms with Crippen molar-refractivity contribution < 1.29 is 22.7 Å². The fraction of sp³-hybridized carbons (Fsp3) is 0.125. The second-order valence-electron chi connectivity index (χ2n) is 7.52. The zero-order valence-corrected chi connectivity index (χ0v) is 20.2. The van der Waals surface area contributed by atoms with E-state index in [1.165, 1.54) is 16.4 Å². The average Bonchev–Trinajstić information content (AvgIpc) is 2.78. The second-order valence-corrected chi connectivity index (χ2v) is 10.7. The molecule has 0 saturated heterocycles. The number of hydrogen-bond donors (Lipinski definition) is 1. The van der Waals surface area contributed by atoms with Crippen LogP contribution < -0.4 is 0 Å². The second kappa shape index (κ2) is 9.38. The summed E-state index contributed by atoms with van der Waals surface area (Å²) in [5.74, 6) is -1.80. The molecule has 0 saturated carbocycles. The molecule has 9 heteroatoms. The van der Waals surface area contributed by atoms with Crippen LogP contribution in [0.4, 0.5) is 4.39 Å². The number of benzene rings is 3. The van der Waals surface area contributed by atoms with Crippen LogP contribution in [0.2, 0.25) is 5.02 Å². The maximum Gasteiger partial charge on any atom is 0.333 e. The Kier molecular flexibility index (Phi) is 6.72. The highest BCUT2D eigenvalue weighted by atomic mass is 79.9. The van der Waals surface area contributed by atoms with Crippen molar-refractivity contribution in [1.82, 2.24) is 4.31 Å². The predicted molar refractivity (Wildman–Crippen MR) is 127 cm³/mol. The summed E-state index contributed by atoms with van der Waals surface area (Å²) >= 11 is 9.60. The van der Waals surface area contributed by atoms with E-state index < -0.39 is 33.9 Å². The van der Waals surface area contributed by atoms with Crippen molar-refractivity contribution in [2.45, 2.75) is 23.4 Å². The van der Waals surface area contributed by atoms with E-state index in [0.717, 1.165) is 16.6 Å². The number of nitrogens with zero attached hydrogens (tertiary/aromatic N) is 1. The van der Waals surface area contributed by atoms with Crippen LogP contribution in [0.1, 0.15) is 29.6 Å². The lowest BCUT2D eigenvalue weighted by Gasteiger charge is -2.40. The molecule has 0 fully saturated rings. The molecule has 3 aromatic carbocycles. The van der Waals surface area contributed by atoms with Gasteiger partial charge in [0.25, 0.3) is 0 Å². The third kappa shape index (κ3) is 4.75. The fourth-order valence-electron chi connectivity index (χ4n) is 4.01. The van der Waals surface area contributed by atoms with Gasteiger partial charge in [0.15, 0.2) is 0 Å². The number of rotatable bonds is 5. The zero-order chi connectivity index (χ0) is 23.8. The molecule has 0 aliphatic carbocycles. The molecule has 0 radical (unpaired) electrons. The molecule has 0 bridgehead atoms. The largest absolute Gasteiger partial charge is 0.478 e. The standard InChI is InChI=1S/C24H18BrClFNO4S/c25-17-5-1-3-15(13-17)22-12-11-21(24(29)30)23(16-4-2-6-18(26)14-16)28(22)33(31,32)20-9-7-19(27)8-10-20/h1-11,13-14,22-23H,12H2,(H,29,30)/t22-,23-/m0/s1. The molecule has 2 atom stereocenters. The lowest BCUT2D eigenvalue weighted by atomic mass is 9.89. The molecule has 1 aliphatic rings. The summed E-state index contributed by atoms with van der Waals surface area (Å²) in [5.41, 5.74) is 1.03. The Hall–Kier alpha value is -2.52. The summed E-state index contributed by atoms with van der Waals surface area (Å²) in [5, 5.41) is 10.3. The van der Waals surface area contributed by atoms with E-state index in [1.807, 2.05) is 6.07 Å². The molecule has 170 valence electrons. The van der Waals surface area contributed by atoms with E-state index in [2.05, 4.69) is 15.9 Å². The van der Waals surface area contributed by atoms with Crippen LogP contribution in [0.25, 0.3) is 0 Å². The number of carboxylic acids is 1. The molecule has 0 unspecified atom stereocenters. The van der Waals surface area contributed by atoms with E-state index in [9.17, 15) is 22.7 Å². The molecule has 1 aliphatic heterocycles. The minimum atomic E-state index is -4.26. The highest BCUT2D eigenvalue weighted by Crippen LogP contribution is 2.46. The Morgan fingerprint density at radius 2 is 1.70 bits per heavy atom. The molecule has 3 aromatic rings. The monoisotopic (exact) mass is 549 g/mol. The fourth-order valence-corrected chi connectivity index (χ4v) is 6.40. The topological polar surface area (TPSA) is 74.7 Å². The van der Waals surface area contributed by atoms with Gasteiger partial charge in [-0.25, -0.2) is 17.6 Å². The Morgan fingerprint density at radius 1 is 1.03 bits per heavy atom. The van der Waals surface area contributed by atoms with E-state index in [-0.39, 0.29) is 16.9 Å². The normalized spacial score (nSPS) is 19.2. The minimum Gasteiger partial charge on any atom is -0.478 e. The van der Waals surface area contributed by atoms with Gasteiger partial charge in [-0.3, -0.25) is 0 Å². The number of halogens is 3. The van der Waals surface area contributed by atoms with Crippen LogP contribution >= 0.6 is 27.5 Å². The summed E-state index contributed by atoms with van der Waals surface area (Å²) in [6.07, 6.45) is 1.70. The van der Waals surface area contributed by atoms with Crippen LogP contribution in [0.15, 0.2) is 93.8 Å². The van der Waals surface area contributed by atoms with Gasteiger partial charge in [-0.1, -0.05) is 57.9 Å². The number of sulfonamides is 1. The van der Waals surface area contributed by atoms with Gasteiger partial charge in [-0.2, -0.15) is 4.31 Å². The van der Waals surface area contributed by atoms with Crippen molar-refractivity contribution in [2.24, 2.45) is 0 Å². The first-order chi connectivity index (χ1) is 15.7. The molecular formula is C24H18BrClFNO4S. The SMILES string of the molecule is O=C(O)C1=CC[C@@H](c2cccc(Br)c2)N(S(=O)(=O)c2ccc(F)cc2)[C@H]1c1cccc(Cl)c1. The summed E-state index contributed by atoms with van der Waals surface area (Å²) < 4.78 is 43.4. The highest BCUT2D eigenvalue weighted by Gasteiger charge is 2.44. The number of carbonyl (C=O) groups is 1. The van der Waals surface area contributed by atoms with Crippen molar-refractivity contribution >= 4 is 43.5 Å². The zero-order valence-electron chi connectivity index (χ0n) is 17.0. The first kappa shape index (κ1) is 23.6. The Morgan fingerprint density at radius 3 is 2.33 bits per heavy atom. The number of carboxylic acid groups (broad SMARTS) is 1. The van der Waals surface area contributed by atoms with Crippen LogP contribution in [-0.2, 0) is 14.8 Å². The van der Waals surface area contributed by atoms with Crippen molar-refractivity contribution in [3.05, 3.63) is 111 Å². The van der Waals surface area contributed by atoms with Crippen molar-refractivity contribution in [3.8, 4) is 0 Å². The molecule has 33 heavy (non-hydrogen) atoms. The van der Waals surface area contributed by atoms with Crippen LogP contribution in [0.5, 0.6) is 0 Å². The summed E-state index contributed by atoms with van der Waals surface area (Å²) in [7, 11) is -4.26. The molecule has 0 amide bonds. The van der Waals surface area contributed by atoms with E-state index in [4.69, 9.17) is 11.6 Å². The van der Waals surface area contributed by atoms with Gasteiger partial charge in [0, 0.05) is 9.50 Å². The van der Waals surface area contributed by atoms with Gasteiger partial charge in [-0.05, 0) is 66.1 Å². The van der Waals surface area contributed by atoms with E-state index in [0.29, 0.717) is 16.1 Å². The van der Waals surface area contributed by atoms with Gasteiger partial charge in [0.2, 0.25) is 10.0 Å². The van der Waals surface area contributed by atoms with Crippen molar-refractivity contribution in [2.75, 3.05) is 0 Å². The van der Waals surface area contributed by atoms with Crippen molar-refractivity contribution in [3.63, 3.8) is 0 Å². The van der Waals surface area contributed by atoms with Gasteiger partial charge in [0.05, 0.1) is 22.6 Å². The minimum absolute atomic E-state index is 0.0748. The van der Waals surface area contributed by atoms with E-state index in [1.54, 1.807) is 48.5 Å². The quantitative estimate of drug-likeness (QED) is 0.415. The third-order valence-electron chi connectivity index (χ3n) is 5.45. The molecule has 4 rings (SSSR count). The van der Waals surface area contributed by atoms with Gasteiger partial charge < -0.3 is 5.11 Å². The summed E-state index contributed by atoms with van der Waals surface area (Å²) in [6.45, 7) is 0. The lowest BCUT2D eigenvalue weighted by molar-refractivity contribution is -0.133. The van der Waals surface area contributed by atoms with Crippen LogP contribution in [0.3, 0.4) is 0 Å². The first-order valence-corrected chi connectivity index (χ1v) is 12.5. The van der Waals surface area contributed by atoms with Gasteiger partial charge in [-0.15, -0.1) is 0 Å². The number of aliphatic carboxylic acids is 1. The molecule has 1 N–H and O–H groups in total. The van der Waals surface area contributed by atoms with Crippen LogP contribution in [0, 0.1) is 5.82 Å². The Labute approximate surface area is 204 Å². The van der Waals surface area contributed by atoms with Crippen molar-refractivity contribution in [1.29, 1.82) is 0 Å². The Balaban J connectivity index is 1.98. The lowest BCUT2D eigenvalue weighted by Crippen LogP contribution is -2.42.